The van der Waals surface area contributed by atoms with Gasteiger partial charge in [-0.05, 0) is 25.3 Å². The van der Waals surface area contributed by atoms with Gasteiger partial charge in [-0.25, -0.2) is 0 Å². The van der Waals surface area contributed by atoms with Gasteiger partial charge in [0, 0.05) is 18.6 Å². The maximum absolute atomic E-state index is 5.74. The molecule has 0 atom stereocenters. The number of nitrogens with zero attached hydrogens (tertiary/aromatic N) is 1. The van der Waals surface area contributed by atoms with Gasteiger partial charge >= 0.3 is 0 Å². The van der Waals surface area contributed by atoms with E-state index in [1.54, 1.807) is 0 Å². The van der Waals surface area contributed by atoms with Gasteiger partial charge in [0.2, 0.25) is 0 Å². The van der Waals surface area contributed by atoms with Crippen molar-refractivity contribution in [3.63, 3.8) is 0 Å². The highest BCUT2D eigenvalue weighted by molar-refractivity contribution is 4.89. The quantitative estimate of drug-likeness (QED) is 0.679. The van der Waals surface area contributed by atoms with E-state index in [-0.39, 0.29) is 0 Å². The lowest BCUT2D eigenvalue weighted by atomic mass is 9.85. The Balaban J connectivity index is 2.25. The SMILES string of the molecule is CN(CC(C)(C)C)C1CC(N)C1. The Morgan fingerprint density at radius 1 is 1.33 bits per heavy atom. The van der Waals surface area contributed by atoms with E-state index in [1.807, 2.05) is 0 Å². The highest BCUT2D eigenvalue weighted by Crippen LogP contribution is 2.25. The Hall–Kier alpha value is -0.0800. The molecule has 0 aromatic heterocycles. The summed E-state index contributed by atoms with van der Waals surface area (Å²) in [4.78, 5) is 2.45. The molecule has 0 radical (unpaired) electrons. The van der Waals surface area contributed by atoms with Crippen LogP contribution in [-0.4, -0.2) is 30.6 Å². The van der Waals surface area contributed by atoms with Crippen molar-refractivity contribution in [3.05, 3.63) is 0 Å². The zero-order valence-electron chi connectivity index (χ0n) is 8.80. The summed E-state index contributed by atoms with van der Waals surface area (Å²) < 4.78 is 0. The summed E-state index contributed by atoms with van der Waals surface area (Å²) in [5.41, 5.74) is 6.15. The molecule has 0 bridgehead atoms. The Bertz CT molecular complexity index is 142. The van der Waals surface area contributed by atoms with E-state index in [0.717, 1.165) is 6.04 Å². The molecule has 2 N–H and O–H groups in total. The van der Waals surface area contributed by atoms with E-state index in [0.29, 0.717) is 11.5 Å². The minimum atomic E-state index is 0.411. The fourth-order valence-corrected chi connectivity index (χ4v) is 1.87. The largest absolute Gasteiger partial charge is 0.328 e. The Morgan fingerprint density at radius 3 is 2.17 bits per heavy atom. The average molecular weight is 170 g/mol. The Morgan fingerprint density at radius 2 is 1.83 bits per heavy atom. The third kappa shape index (κ3) is 2.76. The summed E-state index contributed by atoms with van der Waals surface area (Å²) in [6.07, 6.45) is 2.37. The van der Waals surface area contributed by atoms with Crippen LogP contribution in [0.2, 0.25) is 0 Å². The van der Waals surface area contributed by atoms with Crippen LogP contribution < -0.4 is 5.73 Å². The van der Waals surface area contributed by atoms with Gasteiger partial charge in [0.1, 0.15) is 0 Å². The molecule has 0 aromatic carbocycles. The summed E-state index contributed by atoms with van der Waals surface area (Å²) in [5, 5.41) is 0. The lowest BCUT2D eigenvalue weighted by molar-refractivity contribution is 0.102. The molecule has 0 unspecified atom stereocenters. The van der Waals surface area contributed by atoms with Gasteiger partial charge in [-0.3, -0.25) is 0 Å². The van der Waals surface area contributed by atoms with E-state index in [4.69, 9.17) is 5.73 Å². The van der Waals surface area contributed by atoms with Gasteiger partial charge in [-0.1, -0.05) is 20.8 Å². The summed E-state index contributed by atoms with van der Waals surface area (Å²) in [6.45, 7) is 8.01. The molecule has 1 aliphatic rings. The second kappa shape index (κ2) is 3.35. The highest BCUT2D eigenvalue weighted by Gasteiger charge is 2.30. The minimum Gasteiger partial charge on any atom is -0.328 e. The van der Waals surface area contributed by atoms with Crippen molar-refractivity contribution in [1.82, 2.24) is 4.90 Å². The van der Waals surface area contributed by atoms with Crippen LogP contribution in [0.4, 0.5) is 0 Å². The number of nitrogens with two attached hydrogens (primary N) is 1. The molecule has 1 aliphatic carbocycles. The molecule has 1 rings (SSSR count). The molecule has 0 amide bonds. The first kappa shape index (κ1) is 10.0. The molecule has 1 saturated carbocycles. The molecule has 0 saturated heterocycles. The second-order valence-electron chi connectivity index (χ2n) is 5.36. The molecule has 0 heterocycles. The lowest BCUT2D eigenvalue weighted by Crippen LogP contribution is -2.50. The molecular weight excluding hydrogens is 148 g/mol. The van der Waals surface area contributed by atoms with E-state index in [9.17, 15) is 0 Å². The monoisotopic (exact) mass is 170 g/mol. The smallest absolute Gasteiger partial charge is 0.0122 e. The van der Waals surface area contributed by atoms with Crippen LogP contribution in [-0.2, 0) is 0 Å². The highest BCUT2D eigenvalue weighted by atomic mass is 15.1. The molecule has 2 heteroatoms. The van der Waals surface area contributed by atoms with Crippen LogP contribution in [0.5, 0.6) is 0 Å². The van der Waals surface area contributed by atoms with Gasteiger partial charge in [-0.2, -0.15) is 0 Å². The van der Waals surface area contributed by atoms with Crippen LogP contribution >= 0.6 is 0 Å². The molecule has 2 nitrogen and oxygen atoms in total. The first-order chi connectivity index (χ1) is 5.38. The van der Waals surface area contributed by atoms with E-state index >= 15 is 0 Å². The van der Waals surface area contributed by atoms with Crippen molar-refractivity contribution >= 4 is 0 Å². The van der Waals surface area contributed by atoms with Crippen molar-refractivity contribution in [2.24, 2.45) is 11.1 Å². The van der Waals surface area contributed by atoms with Gasteiger partial charge in [0.15, 0.2) is 0 Å². The first-order valence-corrected chi connectivity index (χ1v) is 4.84. The van der Waals surface area contributed by atoms with Gasteiger partial charge in [0.25, 0.3) is 0 Å². The molecule has 0 spiro atoms. The predicted molar refractivity (Wildman–Crippen MR) is 53.1 cm³/mol. The number of hydrogen-bond acceptors (Lipinski definition) is 2. The third-order valence-electron chi connectivity index (χ3n) is 2.50. The Labute approximate surface area is 76.1 Å². The summed E-state index contributed by atoms with van der Waals surface area (Å²) in [7, 11) is 2.21. The predicted octanol–water partition coefficient (Wildman–Crippen LogP) is 1.45. The van der Waals surface area contributed by atoms with Crippen molar-refractivity contribution in [1.29, 1.82) is 0 Å². The molecule has 12 heavy (non-hydrogen) atoms. The maximum atomic E-state index is 5.74. The summed E-state index contributed by atoms with van der Waals surface area (Å²) in [6, 6.07) is 1.22. The van der Waals surface area contributed by atoms with Gasteiger partial charge < -0.3 is 10.6 Å². The van der Waals surface area contributed by atoms with Gasteiger partial charge in [-0.15, -0.1) is 0 Å². The molecule has 0 aromatic rings. The average Bonchev–Trinajstić information content (AvgIpc) is 1.76. The molecule has 0 aliphatic heterocycles. The van der Waals surface area contributed by atoms with Crippen LogP contribution in [0, 0.1) is 5.41 Å². The Kier molecular flexibility index (Phi) is 2.79. The number of hydrogen-bond donors (Lipinski definition) is 1. The van der Waals surface area contributed by atoms with Crippen molar-refractivity contribution in [3.8, 4) is 0 Å². The maximum Gasteiger partial charge on any atom is 0.0122 e. The van der Waals surface area contributed by atoms with Crippen molar-refractivity contribution < 1.29 is 0 Å². The normalized spacial score (nSPS) is 30.5. The zero-order valence-corrected chi connectivity index (χ0v) is 8.80. The van der Waals surface area contributed by atoms with Gasteiger partial charge in [0.05, 0.1) is 0 Å². The lowest BCUT2D eigenvalue weighted by Gasteiger charge is -2.41. The van der Waals surface area contributed by atoms with Crippen LogP contribution in [0.3, 0.4) is 0 Å². The minimum absolute atomic E-state index is 0.411. The standard InChI is InChI=1S/C10H22N2/c1-10(2,3)7-12(4)9-5-8(11)6-9/h8-9H,5-7,11H2,1-4H3. The van der Waals surface area contributed by atoms with Crippen LogP contribution in [0.25, 0.3) is 0 Å². The van der Waals surface area contributed by atoms with Crippen molar-refractivity contribution in [2.45, 2.75) is 45.7 Å². The topological polar surface area (TPSA) is 29.3 Å². The zero-order chi connectivity index (χ0) is 9.35. The van der Waals surface area contributed by atoms with E-state index < -0.39 is 0 Å². The fourth-order valence-electron chi connectivity index (χ4n) is 1.87. The second-order valence-corrected chi connectivity index (χ2v) is 5.36. The third-order valence-corrected chi connectivity index (χ3v) is 2.50. The first-order valence-electron chi connectivity index (χ1n) is 4.84. The van der Waals surface area contributed by atoms with Crippen molar-refractivity contribution in [2.75, 3.05) is 13.6 Å². The van der Waals surface area contributed by atoms with Crippen LogP contribution in [0.1, 0.15) is 33.6 Å². The summed E-state index contributed by atoms with van der Waals surface area (Å²) >= 11 is 0. The fraction of sp³-hybridized carbons (Fsp3) is 1.00. The molecule has 1 fully saturated rings. The molecular formula is C10H22N2. The van der Waals surface area contributed by atoms with E-state index in [1.165, 1.54) is 19.4 Å². The number of rotatable bonds is 2. The molecule has 72 valence electrons. The van der Waals surface area contributed by atoms with Crippen LogP contribution in [0.15, 0.2) is 0 Å². The van der Waals surface area contributed by atoms with E-state index in [2.05, 4.69) is 32.7 Å². The summed E-state index contributed by atoms with van der Waals surface area (Å²) in [5.74, 6) is 0.